The van der Waals surface area contributed by atoms with Crippen LogP contribution in [0, 0.1) is 0 Å². The van der Waals surface area contributed by atoms with Gasteiger partial charge in [0.2, 0.25) is 0 Å². The van der Waals surface area contributed by atoms with Crippen molar-refractivity contribution in [2.75, 3.05) is 26.7 Å². The molecule has 0 unspecified atom stereocenters. The van der Waals surface area contributed by atoms with Gasteiger partial charge in [0.25, 0.3) is 0 Å². The molecule has 2 aliphatic rings. The molecule has 0 bridgehead atoms. The van der Waals surface area contributed by atoms with Gasteiger partial charge in [-0.3, -0.25) is 4.98 Å². The zero-order valence-corrected chi connectivity index (χ0v) is 16.2. The van der Waals surface area contributed by atoms with E-state index in [-0.39, 0.29) is 5.92 Å². The number of benzene rings is 1. The number of ether oxygens (including phenoxy) is 1. The molecule has 2 aliphatic heterocycles. The molecule has 2 aromatic heterocycles. The van der Waals surface area contributed by atoms with Gasteiger partial charge in [-0.25, -0.2) is 9.67 Å². The van der Waals surface area contributed by atoms with E-state index in [0.717, 1.165) is 49.6 Å². The highest BCUT2D eigenvalue weighted by Gasteiger charge is 2.30. The summed E-state index contributed by atoms with van der Waals surface area (Å²) in [4.78, 5) is 11.8. The number of fused-ring (bicyclic) bond motifs is 1. The van der Waals surface area contributed by atoms with Crippen molar-refractivity contribution in [3.63, 3.8) is 0 Å². The molecule has 144 valence electrons. The van der Waals surface area contributed by atoms with Crippen LogP contribution in [0.25, 0.3) is 11.5 Å². The molecule has 1 atom stereocenters. The van der Waals surface area contributed by atoms with Gasteiger partial charge in [-0.2, -0.15) is 0 Å². The summed E-state index contributed by atoms with van der Waals surface area (Å²) in [6, 6.07) is 14.6. The maximum atomic E-state index is 6.06. The normalized spacial score (nSPS) is 20.5. The van der Waals surface area contributed by atoms with Crippen LogP contribution in [-0.4, -0.2) is 51.4 Å². The van der Waals surface area contributed by atoms with Crippen LogP contribution in [-0.2, 0) is 6.42 Å². The Hall–Kier alpha value is -2.73. The average Bonchev–Trinajstić information content (AvgIpc) is 3.20. The van der Waals surface area contributed by atoms with E-state index in [1.165, 1.54) is 5.56 Å². The zero-order chi connectivity index (χ0) is 18.9. The van der Waals surface area contributed by atoms with E-state index in [1.807, 2.05) is 30.3 Å². The van der Waals surface area contributed by atoms with Crippen molar-refractivity contribution in [2.45, 2.75) is 31.2 Å². The van der Waals surface area contributed by atoms with Crippen LogP contribution in [0.15, 0.2) is 48.7 Å². The number of piperidine rings is 1. The van der Waals surface area contributed by atoms with Crippen LogP contribution >= 0.6 is 0 Å². The summed E-state index contributed by atoms with van der Waals surface area (Å²) in [7, 11) is 2.18. The Balaban J connectivity index is 1.51. The summed E-state index contributed by atoms with van der Waals surface area (Å²) in [5.41, 5.74) is 2.07. The summed E-state index contributed by atoms with van der Waals surface area (Å²) in [6.45, 7) is 2.82. The standard InChI is InChI=1S/C22H25N5O/c1-26-12-9-18(10-13-26)27-22(24-21(25-27)19-7-4-5-11-23-19)17-14-16-6-2-3-8-20(16)28-15-17/h2-8,11,17-18H,9-10,12-15H2,1H3/t17-/m0/s1. The van der Waals surface area contributed by atoms with Gasteiger partial charge in [0.15, 0.2) is 5.82 Å². The zero-order valence-electron chi connectivity index (χ0n) is 16.2. The van der Waals surface area contributed by atoms with Gasteiger partial charge < -0.3 is 9.64 Å². The Labute approximate surface area is 165 Å². The minimum Gasteiger partial charge on any atom is -0.493 e. The Bertz CT molecular complexity index is 947. The molecule has 1 saturated heterocycles. The number of likely N-dealkylation sites (tertiary alicyclic amines) is 1. The number of hydrogen-bond acceptors (Lipinski definition) is 5. The van der Waals surface area contributed by atoms with Crippen molar-refractivity contribution in [2.24, 2.45) is 0 Å². The summed E-state index contributed by atoms with van der Waals surface area (Å²) >= 11 is 0. The molecule has 28 heavy (non-hydrogen) atoms. The molecule has 0 N–H and O–H groups in total. The molecule has 0 aliphatic carbocycles. The molecule has 1 fully saturated rings. The molecule has 0 amide bonds. The predicted molar refractivity (Wildman–Crippen MR) is 107 cm³/mol. The van der Waals surface area contributed by atoms with Crippen LogP contribution in [0.5, 0.6) is 5.75 Å². The number of pyridine rings is 1. The summed E-state index contributed by atoms with van der Waals surface area (Å²) in [5, 5.41) is 4.93. The molecular formula is C22H25N5O. The number of hydrogen-bond donors (Lipinski definition) is 0. The quantitative estimate of drug-likeness (QED) is 0.703. The van der Waals surface area contributed by atoms with Crippen LogP contribution < -0.4 is 4.74 Å². The second kappa shape index (κ2) is 7.36. The molecule has 4 heterocycles. The second-order valence-corrected chi connectivity index (χ2v) is 7.81. The fraction of sp³-hybridized carbons (Fsp3) is 0.409. The first kappa shape index (κ1) is 17.4. The molecule has 6 nitrogen and oxygen atoms in total. The lowest BCUT2D eigenvalue weighted by atomic mass is 9.95. The van der Waals surface area contributed by atoms with E-state index in [4.69, 9.17) is 14.8 Å². The second-order valence-electron chi connectivity index (χ2n) is 7.81. The Morgan fingerprint density at radius 2 is 1.86 bits per heavy atom. The summed E-state index contributed by atoms with van der Waals surface area (Å²) < 4.78 is 8.24. The van der Waals surface area contributed by atoms with Gasteiger partial charge in [-0.15, -0.1) is 5.10 Å². The highest BCUT2D eigenvalue weighted by molar-refractivity contribution is 5.48. The lowest BCUT2D eigenvalue weighted by Gasteiger charge is -2.31. The number of para-hydroxylation sites is 1. The lowest BCUT2D eigenvalue weighted by molar-refractivity contribution is 0.200. The third-order valence-corrected chi connectivity index (χ3v) is 5.83. The van der Waals surface area contributed by atoms with Crippen LogP contribution in [0.3, 0.4) is 0 Å². The Morgan fingerprint density at radius 1 is 1.04 bits per heavy atom. The summed E-state index contributed by atoms with van der Waals surface area (Å²) in [5.74, 6) is 2.95. The van der Waals surface area contributed by atoms with Crippen molar-refractivity contribution < 1.29 is 4.74 Å². The van der Waals surface area contributed by atoms with E-state index < -0.39 is 0 Å². The van der Waals surface area contributed by atoms with Gasteiger partial charge in [-0.1, -0.05) is 24.3 Å². The third kappa shape index (κ3) is 3.29. The maximum absolute atomic E-state index is 6.06. The van der Waals surface area contributed by atoms with Crippen LogP contribution in [0.1, 0.15) is 36.2 Å². The van der Waals surface area contributed by atoms with Crippen LogP contribution in [0.4, 0.5) is 0 Å². The first-order chi connectivity index (χ1) is 13.8. The maximum Gasteiger partial charge on any atom is 0.200 e. The largest absolute Gasteiger partial charge is 0.493 e. The van der Waals surface area contributed by atoms with E-state index >= 15 is 0 Å². The van der Waals surface area contributed by atoms with Gasteiger partial charge in [0, 0.05) is 6.20 Å². The minimum atomic E-state index is 0.208. The molecule has 5 rings (SSSR count). The van der Waals surface area contributed by atoms with Gasteiger partial charge >= 0.3 is 0 Å². The van der Waals surface area contributed by atoms with Crippen molar-refractivity contribution in [1.82, 2.24) is 24.6 Å². The molecule has 6 heteroatoms. The molecule has 3 aromatic rings. The van der Waals surface area contributed by atoms with Crippen molar-refractivity contribution in [3.8, 4) is 17.3 Å². The first-order valence-corrected chi connectivity index (χ1v) is 10.0. The van der Waals surface area contributed by atoms with E-state index in [1.54, 1.807) is 6.20 Å². The predicted octanol–water partition coefficient (Wildman–Crippen LogP) is 3.33. The van der Waals surface area contributed by atoms with Gasteiger partial charge in [0.1, 0.15) is 17.3 Å². The van der Waals surface area contributed by atoms with E-state index in [2.05, 4.69) is 33.7 Å². The van der Waals surface area contributed by atoms with Gasteiger partial charge in [0.05, 0.1) is 18.6 Å². The molecule has 0 radical (unpaired) electrons. The lowest BCUT2D eigenvalue weighted by Crippen LogP contribution is -2.33. The Morgan fingerprint density at radius 3 is 2.68 bits per heavy atom. The highest BCUT2D eigenvalue weighted by atomic mass is 16.5. The van der Waals surface area contributed by atoms with Crippen molar-refractivity contribution >= 4 is 0 Å². The third-order valence-electron chi connectivity index (χ3n) is 5.83. The molecule has 1 aromatic carbocycles. The van der Waals surface area contributed by atoms with E-state index in [9.17, 15) is 0 Å². The number of rotatable bonds is 3. The monoisotopic (exact) mass is 375 g/mol. The Kier molecular flexibility index (Phi) is 4.56. The topological polar surface area (TPSA) is 56.1 Å². The molecular weight excluding hydrogens is 350 g/mol. The van der Waals surface area contributed by atoms with Crippen LogP contribution in [0.2, 0.25) is 0 Å². The highest BCUT2D eigenvalue weighted by Crippen LogP contribution is 2.34. The smallest absolute Gasteiger partial charge is 0.200 e. The number of aromatic nitrogens is 4. The molecule has 0 spiro atoms. The fourth-order valence-electron chi connectivity index (χ4n) is 4.22. The summed E-state index contributed by atoms with van der Waals surface area (Å²) in [6.07, 6.45) is 4.92. The molecule has 0 saturated carbocycles. The fourth-order valence-corrected chi connectivity index (χ4v) is 4.22. The van der Waals surface area contributed by atoms with E-state index in [0.29, 0.717) is 18.5 Å². The first-order valence-electron chi connectivity index (χ1n) is 10.0. The van der Waals surface area contributed by atoms with Gasteiger partial charge in [-0.05, 0) is 63.2 Å². The van der Waals surface area contributed by atoms with Crippen molar-refractivity contribution in [1.29, 1.82) is 0 Å². The average molecular weight is 375 g/mol. The van der Waals surface area contributed by atoms with Crippen molar-refractivity contribution in [3.05, 3.63) is 60.0 Å². The minimum absolute atomic E-state index is 0.208. The number of nitrogens with zero attached hydrogens (tertiary/aromatic N) is 5. The SMILES string of the molecule is CN1CCC(n2nc(-c3ccccn3)nc2[C@@H]2COc3ccccc3C2)CC1.